The largest absolute Gasteiger partial charge is 0.256 e. The zero-order chi connectivity index (χ0) is 85.8. The van der Waals surface area contributed by atoms with E-state index in [9.17, 15) is 0 Å². The molecule has 0 atom stereocenters. The summed E-state index contributed by atoms with van der Waals surface area (Å²) in [6.45, 7) is 0. The van der Waals surface area contributed by atoms with Crippen LogP contribution in [-0.2, 0) is 19.3 Å². The minimum atomic E-state index is 0.631. The van der Waals surface area contributed by atoms with Crippen molar-refractivity contribution in [3.8, 4) is 203 Å². The van der Waals surface area contributed by atoms with Crippen LogP contribution in [0.25, 0.3) is 203 Å². The van der Waals surface area contributed by atoms with Crippen molar-refractivity contribution in [3.63, 3.8) is 0 Å². The van der Waals surface area contributed by atoms with Gasteiger partial charge in [0.25, 0.3) is 0 Å². The van der Waals surface area contributed by atoms with Gasteiger partial charge in [0.2, 0.25) is 0 Å². The first-order valence-corrected chi connectivity index (χ1v) is 43.1. The number of nitrogens with zero attached hydrogens (tertiary/aromatic N) is 14. The summed E-state index contributed by atoms with van der Waals surface area (Å²) in [5, 5.41) is 0. The molecule has 8 heterocycles. The molecule has 0 saturated heterocycles. The zero-order valence-electron chi connectivity index (χ0n) is 69.8. The molecule has 13 aromatic carbocycles. The molecular formula is C115H76N14. The number of hydrogen-bond acceptors (Lipinski definition) is 14. The zero-order valence-corrected chi connectivity index (χ0v) is 69.8. The Labute approximate surface area is 746 Å². The molecule has 3 aliphatic rings. The molecule has 0 N–H and O–H groups in total. The summed E-state index contributed by atoms with van der Waals surface area (Å²) >= 11 is 0. The number of pyridine rings is 5. The SMILES string of the molecule is c1ccc(-c2cccc(-c3nc(-c4ccccc4)nc(-c4cccc(-c5ccnc6c5Cc5ccccc5-6)c4)n3)c2)cc1.c1ccc(-c2cccc(-c3nc(-c4ccccc4)nc(-c4cccc(-c5ccnc6c5Cc5cccnc5-6)c4)n3)c2)cc1.c1ccc(-c2nc(-c3ccccc3)nc(-c3cccc(-c4cccc(-c5ccnc6c5Cc5cccnc5-6)c4)c3)n2)cc1. The molecule has 0 unspecified atom stereocenters. The van der Waals surface area contributed by atoms with Gasteiger partial charge in [-0.3, -0.25) is 24.9 Å². The van der Waals surface area contributed by atoms with Gasteiger partial charge in [-0.2, -0.15) is 0 Å². The molecule has 21 aromatic rings. The topological polar surface area (TPSA) is 180 Å². The molecule has 0 amide bonds. The summed E-state index contributed by atoms with van der Waals surface area (Å²) in [4.78, 5) is 68.0. The minimum absolute atomic E-state index is 0.631. The summed E-state index contributed by atoms with van der Waals surface area (Å²) in [7, 11) is 0. The van der Waals surface area contributed by atoms with E-state index in [1.807, 2.05) is 177 Å². The number of benzene rings is 13. The maximum Gasteiger partial charge on any atom is 0.164 e. The van der Waals surface area contributed by atoms with Gasteiger partial charge >= 0.3 is 0 Å². The Hall–Kier alpha value is -17.4. The summed E-state index contributed by atoms with van der Waals surface area (Å²) in [6, 6.07) is 135. The van der Waals surface area contributed by atoms with Crippen LogP contribution in [0.1, 0.15) is 33.4 Å². The van der Waals surface area contributed by atoms with E-state index < -0.39 is 0 Å². The Morgan fingerprint density at radius 1 is 0.132 bits per heavy atom. The monoisotopic (exact) mass is 1650 g/mol. The molecule has 3 aliphatic carbocycles. The van der Waals surface area contributed by atoms with E-state index in [4.69, 9.17) is 54.8 Å². The number of hydrogen-bond donors (Lipinski definition) is 0. The highest BCUT2D eigenvalue weighted by atomic mass is 15.1. The van der Waals surface area contributed by atoms with E-state index in [-0.39, 0.29) is 0 Å². The second-order valence-corrected chi connectivity index (χ2v) is 31.9. The number of fused-ring (bicyclic) bond motifs is 9. The van der Waals surface area contributed by atoms with Gasteiger partial charge in [0.15, 0.2) is 52.4 Å². The molecule has 129 heavy (non-hydrogen) atoms. The predicted molar refractivity (Wildman–Crippen MR) is 515 cm³/mol. The fourth-order valence-electron chi connectivity index (χ4n) is 17.5. The van der Waals surface area contributed by atoms with E-state index in [1.165, 1.54) is 50.1 Å². The van der Waals surface area contributed by atoms with Crippen molar-refractivity contribution in [1.29, 1.82) is 0 Å². The van der Waals surface area contributed by atoms with Gasteiger partial charge in [-0.25, -0.2) is 44.9 Å². The lowest BCUT2D eigenvalue weighted by Gasteiger charge is -2.12. The van der Waals surface area contributed by atoms with E-state index in [0.717, 1.165) is 153 Å². The Morgan fingerprint density at radius 2 is 0.349 bits per heavy atom. The third-order valence-electron chi connectivity index (χ3n) is 23.8. The van der Waals surface area contributed by atoms with E-state index in [2.05, 4.69) is 264 Å². The van der Waals surface area contributed by atoms with Crippen LogP contribution in [0.5, 0.6) is 0 Å². The first kappa shape index (κ1) is 77.7. The van der Waals surface area contributed by atoms with Crippen molar-refractivity contribution in [2.45, 2.75) is 19.3 Å². The second-order valence-electron chi connectivity index (χ2n) is 31.9. The number of rotatable bonds is 15. The van der Waals surface area contributed by atoms with E-state index in [1.54, 1.807) is 0 Å². The smallest absolute Gasteiger partial charge is 0.164 e. The highest BCUT2D eigenvalue weighted by Crippen LogP contribution is 2.45. The first-order valence-electron chi connectivity index (χ1n) is 43.1. The standard InChI is InChI=1S/C39H26N4.2C38H25N5/c1-3-11-26(12-4-1)28-16-9-18-31(23-28)38-41-37(27-13-5-2-6-14-27)42-39(43-38)32-19-10-17-29(24-32)33-21-22-40-36-34-20-8-7-15-30(34)25-35(33)36;1-3-10-25(11-4-1)36-41-37(26-12-5-2-6-13-26)43-38(42-36)31-17-8-15-28(23-31)27-14-7-16-29(22-27)32-19-21-40-35-33(32)24-30-18-9-20-39-34(30)35;1-3-10-25(11-4-1)27-14-7-16-30(22-27)37-41-36(26-12-5-2-6-13-26)42-38(43-37)31-17-8-15-28(23-31)32-19-21-40-35-33(32)24-29-18-9-20-39-34(29)35/h1-24H,25H2;2*1-23H,24H2. The van der Waals surface area contributed by atoms with Gasteiger partial charge in [-0.15, -0.1) is 0 Å². The Bertz CT molecular complexity index is 7410. The van der Waals surface area contributed by atoms with Crippen LogP contribution in [0, 0.1) is 0 Å². The lowest BCUT2D eigenvalue weighted by atomic mass is 9.95. The molecule has 0 bridgehead atoms. The minimum Gasteiger partial charge on any atom is -0.256 e. The Balaban J connectivity index is 0.000000114. The maximum absolute atomic E-state index is 5.04. The van der Waals surface area contributed by atoms with Crippen LogP contribution in [-0.4, -0.2) is 69.8 Å². The van der Waals surface area contributed by atoms with Gasteiger partial charge in [0.05, 0.1) is 28.5 Å². The van der Waals surface area contributed by atoms with Crippen molar-refractivity contribution >= 4 is 0 Å². The van der Waals surface area contributed by atoms with Crippen LogP contribution < -0.4 is 0 Å². The van der Waals surface area contributed by atoms with Crippen molar-refractivity contribution in [2.75, 3.05) is 0 Å². The molecule has 14 nitrogen and oxygen atoms in total. The van der Waals surface area contributed by atoms with Crippen LogP contribution in [0.4, 0.5) is 0 Å². The molecule has 0 radical (unpaired) electrons. The lowest BCUT2D eigenvalue weighted by molar-refractivity contribution is 1.07. The van der Waals surface area contributed by atoms with Crippen molar-refractivity contribution in [1.82, 2.24) is 69.8 Å². The average molecular weight is 1650 g/mol. The normalized spacial score (nSPS) is 11.6. The fraction of sp³-hybridized carbons (Fsp3) is 0.0261. The molecular weight excluding hydrogens is 1580 g/mol. The van der Waals surface area contributed by atoms with Gasteiger partial charge in [-0.1, -0.05) is 328 Å². The molecule has 0 spiro atoms. The van der Waals surface area contributed by atoms with Crippen molar-refractivity contribution in [2.24, 2.45) is 0 Å². The number of aromatic nitrogens is 14. The average Bonchev–Trinajstić information content (AvgIpc) is 1.69. The van der Waals surface area contributed by atoms with Crippen molar-refractivity contribution in [3.05, 3.63) is 459 Å². The molecule has 0 fully saturated rings. The van der Waals surface area contributed by atoms with Crippen LogP contribution in [0.2, 0.25) is 0 Å². The van der Waals surface area contributed by atoms with E-state index >= 15 is 0 Å². The highest BCUT2D eigenvalue weighted by Gasteiger charge is 2.28. The molecule has 0 saturated carbocycles. The van der Waals surface area contributed by atoms with Gasteiger partial charge in [0, 0.05) is 106 Å². The quantitative estimate of drug-likeness (QED) is 0.0945. The predicted octanol–water partition coefficient (Wildman–Crippen LogP) is 26.3. The molecule has 14 heteroatoms. The summed E-state index contributed by atoms with van der Waals surface area (Å²) < 4.78 is 0. The van der Waals surface area contributed by atoms with Gasteiger partial charge in [0.1, 0.15) is 0 Å². The van der Waals surface area contributed by atoms with Crippen LogP contribution in [0.15, 0.2) is 425 Å². The Kier molecular flexibility index (Phi) is 20.9. The molecule has 24 rings (SSSR count). The van der Waals surface area contributed by atoms with Gasteiger partial charge in [-0.05, 0) is 167 Å². The van der Waals surface area contributed by atoms with Crippen molar-refractivity contribution < 1.29 is 0 Å². The lowest BCUT2D eigenvalue weighted by Crippen LogP contribution is -2.00. The summed E-state index contributed by atoms with van der Waals surface area (Å²) in [5.74, 6) is 5.79. The summed E-state index contributed by atoms with van der Waals surface area (Å²) in [5.41, 5.74) is 35.8. The summed E-state index contributed by atoms with van der Waals surface area (Å²) in [6.07, 6.45) is 11.9. The van der Waals surface area contributed by atoms with Crippen LogP contribution >= 0.6 is 0 Å². The molecule has 0 aliphatic heterocycles. The molecule has 8 aromatic heterocycles. The third kappa shape index (κ3) is 16.0. The Morgan fingerprint density at radius 3 is 0.682 bits per heavy atom. The molecule has 606 valence electrons. The fourth-order valence-corrected chi connectivity index (χ4v) is 17.5. The van der Waals surface area contributed by atoms with E-state index in [0.29, 0.717) is 52.4 Å². The first-order chi connectivity index (χ1) is 63.9. The third-order valence-corrected chi connectivity index (χ3v) is 23.8. The highest BCUT2D eigenvalue weighted by molar-refractivity contribution is 5.88. The second kappa shape index (κ2) is 34.7. The maximum atomic E-state index is 5.04. The van der Waals surface area contributed by atoms with Crippen LogP contribution in [0.3, 0.4) is 0 Å². The van der Waals surface area contributed by atoms with Gasteiger partial charge < -0.3 is 0 Å².